The van der Waals surface area contributed by atoms with Gasteiger partial charge in [-0.15, -0.1) is 0 Å². The maximum Gasteiger partial charge on any atom is 0.225 e. The monoisotopic (exact) mass is 340 g/mol. The fraction of sp³-hybridized carbons (Fsp3) is 0.733. The Labute approximate surface area is 137 Å². The van der Waals surface area contributed by atoms with Crippen molar-refractivity contribution in [1.29, 1.82) is 0 Å². The third-order valence-corrected chi connectivity index (χ3v) is 6.49. The summed E-state index contributed by atoms with van der Waals surface area (Å²) in [5.74, 6) is 0.836. The minimum absolute atomic E-state index is 0.148. The highest BCUT2D eigenvalue weighted by molar-refractivity contribution is 7.89. The predicted molar refractivity (Wildman–Crippen MR) is 87.8 cm³/mol. The number of rotatable bonds is 3. The van der Waals surface area contributed by atoms with E-state index in [1.165, 1.54) is 0 Å². The van der Waals surface area contributed by atoms with Crippen LogP contribution in [-0.2, 0) is 14.8 Å². The van der Waals surface area contributed by atoms with Crippen LogP contribution < -0.4 is 4.90 Å². The van der Waals surface area contributed by atoms with Crippen molar-refractivity contribution in [1.82, 2.24) is 14.3 Å². The number of nitrogens with zero attached hydrogens (tertiary/aromatic N) is 4. The van der Waals surface area contributed by atoms with Gasteiger partial charge in [-0.25, -0.2) is 22.7 Å². The SMILES string of the molecule is CCS(=O)(=O)N1CCC[C@@]2(COCCN(c3ncccn3)C2)C1. The summed E-state index contributed by atoms with van der Waals surface area (Å²) >= 11 is 0. The number of piperidine rings is 1. The second-order valence-electron chi connectivity index (χ2n) is 6.36. The van der Waals surface area contributed by atoms with Gasteiger partial charge >= 0.3 is 0 Å². The summed E-state index contributed by atoms with van der Waals surface area (Å²) in [6, 6.07) is 1.80. The molecule has 8 heteroatoms. The standard InChI is InChI=1S/C15H24N4O3S/c1-2-23(20,21)19-8-3-5-15(12-19)11-18(9-10-22-13-15)14-16-6-4-7-17-14/h4,6-7H,2-3,5,8-13H2,1H3/t15-/m0/s1. The molecular weight excluding hydrogens is 316 g/mol. The summed E-state index contributed by atoms with van der Waals surface area (Å²) in [7, 11) is -3.16. The van der Waals surface area contributed by atoms with E-state index in [0.29, 0.717) is 32.3 Å². The Balaban J connectivity index is 1.82. The van der Waals surface area contributed by atoms with Gasteiger partial charge < -0.3 is 9.64 Å². The van der Waals surface area contributed by atoms with Crippen molar-refractivity contribution in [3.8, 4) is 0 Å². The lowest BCUT2D eigenvalue weighted by Gasteiger charge is -2.42. The molecule has 7 nitrogen and oxygen atoms in total. The first-order valence-electron chi connectivity index (χ1n) is 8.12. The van der Waals surface area contributed by atoms with Crippen LogP contribution in [-0.4, -0.2) is 67.8 Å². The Morgan fingerprint density at radius 2 is 2.04 bits per heavy atom. The largest absolute Gasteiger partial charge is 0.379 e. The fourth-order valence-corrected chi connectivity index (χ4v) is 4.69. The number of hydrogen-bond donors (Lipinski definition) is 0. The van der Waals surface area contributed by atoms with E-state index in [1.54, 1.807) is 29.7 Å². The van der Waals surface area contributed by atoms with Crippen LogP contribution in [0.1, 0.15) is 19.8 Å². The van der Waals surface area contributed by atoms with E-state index < -0.39 is 10.0 Å². The first-order valence-corrected chi connectivity index (χ1v) is 9.73. The van der Waals surface area contributed by atoms with Crippen molar-refractivity contribution in [3.05, 3.63) is 18.5 Å². The quantitative estimate of drug-likeness (QED) is 0.808. The van der Waals surface area contributed by atoms with Gasteiger partial charge in [-0.2, -0.15) is 0 Å². The number of anilines is 1. The summed E-state index contributed by atoms with van der Waals surface area (Å²) < 4.78 is 32.0. The molecule has 0 N–H and O–H groups in total. The van der Waals surface area contributed by atoms with Gasteiger partial charge in [-0.3, -0.25) is 0 Å². The lowest BCUT2D eigenvalue weighted by molar-refractivity contribution is 0.0350. The van der Waals surface area contributed by atoms with Gasteiger partial charge in [0.2, 0.25) is 16.0 Å². The molecule has 1 atom stereocenters. The number of ether oxygens (including phenoxy) is 1. The molecule has 128 valence electrons. The van der Waals surface area contributed by atoms with Gasteiger partial charge in [0.25, 0.3) is 0 Å². The van der Waals surface area contributed by atoms with Gasteiger partial charge in [0.1, 0.15) is 0 Å². The summed E-state index contributed by atoms with van der Waals surface area (Å²) in [6.45, 7) is 5.49. The molecule has 0 saturated carbocycles. The van der Waals surface area contributed by atoms with Crippen LogP contribution >= 0.6 is 0 Å². The molecule has 0 amide bonds. The van der Waals surface area contributed by atoms with E-state index in [9.17, 15) is 8.42 Å². The third kappa shape index (κ3) is 3.64. The zero-order valence-corrected chi connectivity index (χ0v) is 14.3. The number of sulfonamides is 1. The molecule has 1 spiro atoms. The lowest BCUT2D eigenvalue weighted by atomic mass is 9.81. The Hall–Kier alpha value is -1.25. The van der Waals surface area contributed by atoms with Gasteiger partial charge in [0.15, 0.2) is 0 Å². The third-order valence-electron chi connectivity index (χ3n) is 4.66. The van der Waals surface area contributed by atoms with Crippen LogP contribution in [0.5, 0.6) is 0 Å². The molecule has 3 heterocycles. The number of hydrogen-bond acceptors (Lipinski definition) is 6. The molecule has 2 saturated heterocycles. The van der Waals surface area contributed by atoms with Crippen LogP contribution in [0.25, 0.3) is 0 Å². The van der Waals surface area contributed by atoms with Crippen LogP contribution in [0, 0.1) is 5.41 Å². The predicted octanol–water partition coefficient (Wildman–Crippen LogP) is 0.745. The highest BCUT2D eigenvalue weighted by Gasteiger charge is 2.42. The zero-order valence-electron chi connectivity index (χ0n) is 13.5. The molecular formula is C15H24N4O3S. The Bertz CT molecular complexity index is 625. The summed E-state index contributed by atoms with van der Waals surface area (Å²) in [5, 5.41) is 0. The molecule has 0 radical (unpaired) electrons. The Morgan fingerprint density at radius 3 is 2.78 bits per heavy atom. The maximum atomic E-state index is 12.3. The van der Waals surface area contributed by atoms with Gasteiger partial charge in [-0.05, 0) is 25.8 Å². The molecule has 2 aliphatic heterocycles. The van der Waals surface area contributed by atoms with E-state index >= 15 is 0 Å². The molecule has 1 aromatic rings. The summed E-state index contributed by atoms with van der Waals surface area (Å²) in [5.41, 5.74) is -0.184. The topological polar surface area (TPSA) is 75.6 Å². The molecule has 0 unspecified atom stereocenters. The Kier molecular flexibility index (Phi) is 4.84. The highest BCUT2D eigenvalue weighted by Crippen LogP contribution is 2.34. The fourth-order valence-electron chi connectivity index (χ4n) is 3.45. The molecule has 0 aliphatic carbocycles. The molecule has 1 aromatic heterocycles. The second kappa shape index (κ2) is 6.70. The van der Waals surface area contributed by atoms with E-state index in [1.807, 2.05) is 0 Å². The van der Waals surface area contributed by atoms with Crippen LogP contribution in [0.3, 0.4) is 0 Å². The van der Waals surface area contributed by atoms with Crippen molar-refractivity contribution in [2.75, 3.05) is 50.0 Å². The average molecular weight is 340 g/mol. The van der Waals surface area contributed by atoms with E-state index in [4.69, 9.17) is 4.74 Å². The summed E-state index contributed by atoms with van der Waals surface area (Å²) in [4.78, 5) is 10.8. The second-order valence-corrected chi connectivity index (χ2v) is 8.62. The zero-order chi connectivity index (χ0) is 16.3. The molecule has 3 rings (SSSR count). The minimum Gasteiger partial charge on any atom is -0.379 e. The lowest BCUT2D eigenvalue weighted by Crippen LogP contribution is -2.52. The van der Waals surface area contributed by atoms with E-state index in [0.717, 1.165) is 25.9 Å². The van der Waals surface area contributed by atoms with Crippen molar-refractivity contribution < 1.29 is 13.2 Å². The average Bonchev–Trinajstić information content (AvgIpc) is 2.78. The van der Waals surface area contributed by atoms with Crippen molar-refractivity contribution >= 4 is 16.0 Å². The van der Waals surface area contributed by atoms with Gasteiger partial charge in [0.05, 0.1) is 19.0 Å². The van der Waals surface area contributed by atoms with Gasteiger partial charge in [0, 0.05) is 44.0 Å². The molecule has 2 aliphatic rings. The normalized spacial score (nSPS) is 27.1. The minimum atomic E-state index is -3.16. The van der Waals surface area contributed by atoms with E-state index in [2.05, 4.69) is 14.9 Å². The van der Waals surface area contributed by atoms with Crippen molar-refractivity contribution in [2.45, 2.75) is 19.8 Å². The Morgan fingerprint density at radius 1 is 1.26 bits per heavy atom. The van der Waals surface area contributed by atoms with Crippen LogP contribution in [0.4, 0.5) is 5.95 Å². The first kappa shape index (κ1) is 16.6. The molecule has 2 fully saturated rings. The molecule has 0 aromatic carbocycles. The van der Waals surface area contributed by atoms with Crippen molar-refractivity contribution in [3.63, 3.8) is 0 Å². The highest BCUT2D eigenvalue weighted by atomic mass is 32.2. The molecule has 23 heavy (non-hydrogen) atoms. The molecule has 0 bridgehead atoms. The van der Waals surface area contributed by atoms with Crippen molar-refractivity contribution in [2.24, 2.45) is 5.41 Å². The van der Waals surface area contributed by atoms with Crippen LogP contribution in [0.2, 0.25) is 0 Å². The van der Waals surface area contributed by atoms with E-state index in [-0.39, 0.29) is 11.2 Å². The smallest absolute Gasteiger partial charge is 0.225 e. The maximum absolute atomic E-state index is 12.3. The van der Waals surface area contributed by atoms with Crippen LogP contribution in [0.15, 0.2) is 18.5 Å². The number of aromatic nitrogens is 2. The van der Waals surface area contributed by atoms with Gasteiger partial charge in [-0.1, -0.05) is 0 Å². The summed E-state index contributed by atoms with van der Waals surface area (Å²) in [6.07, 6.45) is 5.29. The first-order chi connectivity index (χ1) is 11.0.